The quantitative estimate of drug-likeness (QED) is 0.311. The van der Waals surface area contributed by atoms with Crippen LogP contribution in [0.2, 0.25) is 0 Å². The fourth-order valence-electron chi connectivity index (χ4n) is 4.92. The lowest BCUT2D eigenvalue weighted by molar-refractivity contribution is -0.0416. The van der Waals surface area contributed by atoms with Gasteiger partial charge in [0.25, 0.3) is 5.79 Å². The molecule has 4 aromatic carbocycles. The van der Waals surface area contributed by atoms with Crippen LogP contribution in [0, 0.1) is 0 Å². The van der Waals surface area contributed by atoms with E-state index in [-0.39, 0.29) is 0 Å². The minimum Gasteiger partial charge on any atom is -0.444 e. The third-order valence-corrected chi connectivity index (χ3v) is 6.64. The summed E-state index contributed by atoms with van der Waals surface area (Å²) < 4.78 is 13.7. The summed E-state index contributed by atoms with van der Waals surface area (Å²) in [5, 5.41) is 4.59. The van der Waals surface area contributed by atoms with Gasteiger partial charge in [-0.1, -0.05) is 92.6 Å². The molecule has 2 heterocycles. The Morgan fingerprint density at radius 1 is 0.688 bits per heavy atom. The van der Waals surface area contributed by atoms with Gasteiger partial charge in [-0.15, -0.1) is 0 Å². The Balaban J connectivity index is 1.52. The number of hydrogen-bond donors (Lipinski definition) is 0. The summed E-state index contributed by atoms with van der Waals surface area (Å²) in [5.41, 5.74) is 3.40. The normalized spacial score (nSPS) is 18.7. The molecule has 0 aliphatic carbocycles. The van der Waals surface area contributed by atoms with Crippen LogP contribution in [0.4, 0.5) is 0 Å². The zero-order valence-corrected chi connectivity index (χ0v) is 18.3. The smallest absolute Gasteiger partial charge is 0.294 e. The topological polar surface area (TPSA) is 18.5 Å². The number of unbranched alkanes of at least 4 members (excludes halogenated alkanes) is 2. The predicted octanol–water partition coefficient (Wildman–Crippen LogP) is 8.15. The molecule has 2 heteroatoms. The summed E-state index contributed by atoms with van der Waals surface area (Å²) in [6.45, 7) is 2.24. The SMILES string of the molecule is CCCCCC1=Cc2ccc3ccccc3c2OC12C=Cc1ccc3ccccc3c1O2. The fourth-order valence-corrected chi connectivity index (χ4v) is 4.92. The lowest BCUT2D eigenvalue weighted by Crippen LogP contribution is -2.45. The van der Waals surface area contributed by atoms with Crippen LogP contribution in [0.5, 0.6) is 11.5 Å². The zero-order chi connectivity index (χ0) is 21.5. The summed E-state index contributed by atoms with van der Waals surface area (Å²) >= 11 is 0. The first kappa shape index (κ1) is 19.2. The molecular weight excluding hydrogens is 392 g/mol. The van der Waals surface area contributed by atoms with E-state index >= 15 is 0 Å². The second-order valence-corrected chi connectivity index (χ2v) is 8.74. The zero-order valence-electron chi connectivity index (χ0n) is 18.3. The average Bonchev–Trinajstić information content (AvgIpc) is 2.84. The molecule has 0 radical (unpaired) electrons. The maximum absolute atomic E-state index is 6.85. The lowest BCUT2D eigenvalue weighted by atomic mass is 9.90. The third kappa shape index (κ3) is 3.02. The second kappa shape index (κ2) is 7.56. The summed E-state index contributed by atoms with van der Waals surface area (Å²) in [6, 6.07) is 25.4. The van der Waals surface area contributed by atoms with Crippen molar-refractivity contribution >= 4 is 33.7 Å². The summed E-state index contributed by atoms with van der Waals surface area (Å²) in [5.74, 6) is 0.883. The standard InChI is InChI=1S/C30H26O2/c1-2-3-4-11-25-20-24-17-15-22-10-6-8-13-27(22)29(24)32-30(25)19-18-23-16-14-21-9-5-7-12-26(21)28(23)31-30/h5-10,12-20H,2-4,11H2,1H3. The van der Waals surface area contributed by atoms with Crippen LogP contribution in [0.15, 0.2) is 84.4 Å². The van der Waals surface area contributed by atoms with Gasteiger partial charge in [-0.2, -0.15) is 0 Å². The molecule has 2 aliphatic heterocycles. The first-order valence-corrected chi connectivity index (χ1v) is 11.6. The number of ether oxygens (including phenoxy) is 2. The Kier molecular flexibility index (Phi) is 4.53. The number of hydrogen-bond acceptors (Lipinski definition) is 2. The molecule has 0 N–H and O–H groups in total. The monoisotopic (exact) mass is 418 g/mol. The van der Waals surface area contributed by atoms with Crippen molar-refractivity contribution in [2.75, 3.05) is 0 Å². The molecule has 0 bridgehead atoms. The first-order chi connectivity index (χ1) is 15.8. The maximum atomic E-state index is 6.85. The van der Waals surface area contributed by atoms with Gasteiger partial charge in [0.15, 0.2) is 0 Å². The molecule has 2 nitrogen and oxygen atoms in total. The van der Waals surface area contributed by atoms with Crippen molar-refractivity contribution in [1.29, 1.82) is 0 Å². The Morgan fingerprint density at radius 2 is 1.31 bits per heavy atom. The van der Waals surface area contributed by atoms with Gasteiger partial charge in [0.1, 0.15) is 11.5 Å². The molecule has 1 spiro atoms. The number of rotatable bonds is 4. The van der Waals surface area contributed by atoms with Crippen LogP contribution in [0.1, 0.15) is 43.7 Å². The highest BCUT2D eigenvalue weighted by Gasteiger charge is 2.42. The van der Waals surface area contributed by atoms with Crippen LogP contribution in [0.25, 0.3) is 33.7 Å². The van der Waals surface area contributed by atoms with E-state index in [9.17, 15) is 0 Å². The van der Waals surface area contributed by atoms with Crippen molar-refractivity contribution in [1.82, 2.24) is 0 Å². The molecule has 32 heavy (non-hydrogen) atoms. The molecule has 1 atom stereocenters. The average molecular weight is 419 g/mol. The van der Waals surface area contributed by atoms with E-state index in [4.69, 9.17) is 9.47 Å². The second-order valence-electron chi connectivity index (χ2n) is 8.74. The van der Waals surface area contributed by atoms with E-state index in [1.165, 1.54) is 29.2 Å². The Morgan fingerprint density at radius 3 is 2.00 bits per heavy atom. The Hall–Kier alpha value is -3.52. The van der Waals surface area contributed by atoms with Crippen molar-refractivity contribution in [2.24, 2.45) is 0 Å². The molecule has 0 fully saturated rings. The van der Waals surface area contributed by atoms with Crippen molar-refractivity contribution in [3.63, 3.8) is 0 Å². The van der Waals surface area contributed by atoms with Crippen LogP contribution < -0.4 is 9.47 Å². The highest BCUT2D eigenvalue weighted by molar-refractivity contribution is 5.94. The summed E-state index contributed by atoms with van der Waals surface area (Å²) in [4.78, 5) is 0. The van der Waals surface area contributed by atoms with Gasteiger partial charge < -0.3 is 9.47 Å². The Labute approximate surface area is 188 Å². The lowest BCUT2D eigenvalue weighted by Gasteiger charge is -2.40. The fraction of sp³-hybridized carbons (Fsp3) is 0.200. The molecule has 0 aromatic heterocycles. The molecule has 0 saturated heterocycles. The number of fused-ring (bicyclic) bond motifs is 6. The van der Waals surface area contributed by atoms with E-state index in [2.05, 4.69) is 97.9 Å². The highest BCUT2D eigenvalue weighted by atomic mass is 16.7. The Bertz CT molecular complexity index is 1390. The van der Waals surface area contributed by atoms with Gasteiger partial charge in [-0.05, 0) is 35.8 Å². The third-order valence-electron chi connectivity index (χ3n) is 6.64. The van der Waals surface area contributed by atoms with Gasteiger partial charge in [-0.25, -0.2) is 0 Å². The van der Waals surface area contributed by atoms with Gasteiger partial charge in [0, 0.05) is 33.5 Å². The van der Waals surface area contributed by atoms with Crippen LogP contribution in [-0.4, -0.2) is 5.79 Å². The maximum Gasteiger partial charge on any atom is 0.294 e. The largest absolute Gasteiger partial charge is 0.444 e. The minimum atomic E-state index is -0.915. The van der Waals surface area contributed by atoms with Crippen LogP contribution in [-0.2, 0) is 0 Å². The van der Waals surface area contributed by atoms with Gasteiger partial charge in [0.2, 0.25) is 0 Å². The molecule has 158 valence electrons. The van der Waals surface area contributed by atoms with Gasteiger partial charge in [-0.3, -0.25) is 0 Å². The van der Waals surface area contributed by atoms with E-state index < -0.39 is 5.79 Å². The van der Waals surface area contributed by atoms with Crippen molar-refractivity contribution in [3.8, 4) is 11.5 Å². The summed E-state index contributed by atoms with van der Waals surface area (Å²) in [7, 11) is 0. The molecule has 6 rings (SSSR count). The molecule has 1 unspecified atom stereocenters. The molecule has 0 saturated carbocycles. The van der Waals surface area contributed by atoms with Gasteiger partial charge in [0.05, 0.1) is 0 Å². The van der Waals surface area contributed by atoms with Crippen molar-refractivity contribution in [3.05, 3.63) is 95.6 Å². The van der Waals surface area contributed by atoms with E-state index in [0.29, 0.717) is 0 Å². The predicted molar refractivity (Wildman–Crippen MR) is 133 cm³/mol. The molecule has 2 aliphatic rings. The van der Waals surface area contributed by atoms with Gasteiger partial charge >= 0.3 is 0 Å². The van der Waals surface area contributed by atoms with Crippen molar-refractivity contribution < 1.29 is 9.47 Å². The van der Waals surface area contributed by atoms with Crippen LogP contribution >= 0.6 is 0 Å². The van der Waals surface area contributed by atoms with E-state index in [0.717, 1.165) is 46.2 Å². The van der Waals surface area contributed by atoms with Crippen molar-refractivity contribution in [2.45, 2.75) is 38.4 Å². The van der Waals surface area contributed by atoms with Crippen LogP contribution in [0.3, 0.4) is 0 Å². The molecule has 4 aromatic rings. The first-order valence-electron chi connectivity index (χ1n) is 11.6. The summed E-state index contributed by atoms with van der Waals surface area (Å²) in [6.07, 6.45) is 11.0. The van der Waals surface area contributed by atoms with E-state index in [1.807, 2.05) is 0 Å². The molecular formula is C30H26O2. The highest BCUT2D eigenvalue weighted by Crippen LogP contribution is 2.47. The van der Waals surface area contributed by atoms with E-state index in [1.54, 1.807) is 0 Å². The molecule has 0 amide bonds. The minimum absolute atomic E-state index is 0.899. The number of benzene rings is 4.